The first kappa shape index (κ1) is 13.7. The first-order valence-corrected chi connectivity index (χ1v) is 6.23. The van der Waals surface area contributed by atoms with Crippen LogP contribution in [0.15, 0.2) is 22.4 Å². The SMILES string of the molecule is CCOC(=O)C(Cl)N=Nc1ccc2c(c1F)CCO2. The number of hydrogen-bond acceptors (Lipinski definition) is 5. The van der Waals surface area contributed by atoms with Gasteiger partial charge in [-0.3, -0.25) is 0 Å². The van der Waals surface area contributed by atoms with Crippen molar-refractivity contribution >= 4 is 23.3 Å². The van der Waals surface area contributed by atoms with Crippen molar-refractivity contribution in [3.8, 4) is 5.75 Å². The molecule has 1 aromatic carbocycles. The minimum atomic E-state index is -1.27. The number of esters is 1. The molecule has 2 rings (SSSR count). The number of hydrogen-bond donors (Lipinski definition) is 0. The molecular weight excluding hydrogens is 275 g/mol. The van der Waals surface area contributed by atoms with Gasteiger partial charge in [0.25, 0.3) is 0 Å². The molecule has 0 fully saturated rings. The van der Waals surface area contributed by atoms with Gasteiger partial charge in [0.05, 0.1) is 13.2 Å². The van der Waals surface area contributed by atoms with Gasteiger partial charge in [-0.25, -0.2) is 9.18 Å². The molecule has 0 spiro atoms. The predicted octanol–water partition coefficient (Wildman–Crippen LogP) is 2.97. The van der Waals surface area contributed by atoms with E-state index in [2.05, 4.69) is 15.0 Å². The highest BCUT2D eigenvalue weighted by molar-refractivity contribution is 6.29. The number of carbonyl (C=O) groups is 1. The average Bonchev–Trinajstić information content (AvgIpc) is 2.87. The molecule has 0 aliphatic carbocycles. The van der Waals surface area contributed by atoms with E-state index in [0.717, 1.165) is 0 Å². The first-order chi connectivity index (χ1) is 9.13. The second-order valence-corrected chi connectivity index (χ2v) is 4.19. The molecule has 1 atom stereocenters. The molecule has 1 unspecified atom stereocenters. The van der Waals surface area contributed by atoms with Crippen LogP contribution in [0.2, 0.25) is 0 Å². The minimum Gasteiger partial charge on any atom is -0.493 e. The van der Waals surface area contributed by atoms with Crippen molar-refractivity contribution in [1.29, 1.82) is 0 Å². The zero-order chi connectivity index (χ0) is 13.8. The molecule has 102 valence electrons. The van der Waals surface area contributed by atoms with E-state index in [1.54, 1.807) is 13.0 Å². The maximum Gasteiger partial charge on any atom is 0.348 e. The van der Waals surface area contributed by atoms with Gasteiger partial charge < -0.3 is 9.47 Å². The molecular formula is C12H12ClFN2O3. The van der Waals surface area contributed by atoms with Gasteiger partial charge in [-0.15, -0.1) is 0 Å². The number of azo groups is 1. The quantitative estimate of drug-likeness (QED) is 0.370. The van der Waals surface area contributed by atoms with Crippen molar-refractivity contribution in [2.75, 3.05) is 13.2 Å². The van der Waals surface area contributed by atoms with Crippen LogP contribution in [-0.2, 0) is 16.0 Å². The highest BCUT2D eigenvalue weighted by Crippen LogP contribution is 2.33. The van der Waals surface area contributed by atoms with E-state index in [9.17, 15) is 9.18 Å². The Labute approximate surface area is 114 Å². The fourth-order valence-corrected chi connectivity index (χ4v) is 1.78. The maximum atomic E-state index is 14.0. The summed E-state index contributed by atoms with van der Waals surface area (Å²) in [6.45, 7) is 2.30. The van der Waals surface area contributed by atoms with E-state index < -0.39 is 17.3 Å². The number of benzene rings is 1. The summed E-state index contributed by atoms with van der Waals surface area (Å²) in [4.78, 5) is 11.2. The van der Waals surface area contributed by atoms with Crippen molar-refractivity contribution < 1.29 is 18.7 Å². The van der Waals surface area contributed by atoms with E-state index in [0.29, 0.717) is 24.3 Å². The molecule has 1 heterocycles. The van der Waals surface area contributed by atoms with Crippen LogP contribution >= 0.6 is 11.6 Å². The Kier molecular flexibility index (Phi) is 4.31. The summed E-state index contributed by atoms with van der Waals surface area (Å²) >= 11 is 5.65. The van der Waals surface area contributed by atoms with Gasteiger partial charge in [-0.2, -0.15) is 10.2 Å². The monoisotopic (exact) mass is 286 g/mol. The lowest BCUT2D eigenvalue weighted by atomic mass is 10.1. The number of nitrogens with zero attached hydrogens (tertiary/aromatic N) is 2. The molecule has 1 aliphatic heterocycles. The number of ether oxygens (including phenoxy) is 2. The molecule has 0 radical (unpaired) electrons. The average molecular weight is 287 g/mol. The summed E-state index contributed by atoms with van der Waals surface area (Å²) in [5, 5.41) is 7.18. The van der Waals surface area contributed by atoms with Crippen molar-refractivity contribution in [2.45, 2.75) is 18.8 Å². The Bertz CT molecular complexity index is 522. The topological polar surface area (TPSA) is 60.2 Å². The molecule has 0 amide bonds. The second-order valence-electron chi connectivity index (χ2n) is 3.78. The summed E-state index contributed by atoms with van der Waals surface area (Å²) in [7, 11) is 0. The lowest BCUT2D eigenvalue weighted by Gasteiger charge is -2.04. The van der Waals surface area contributed by atoms with Gasteiger partial charge in [0.15, 0.2) is 5.82 Å². The standard InChI is InChI=1S/C12H12ClFN2O3/c1-2-18-12(17)11(13)16-15-8-3-4-9-7(10(8)14)5-6-19-9/h3-4,11H,2,5-6H2,1H3. The molecule has 0 N–H and O–H groups in total. The van der Waals surface area contributed by atoms with Crippen LogP contribution in [0.1, 0.15) is 12.5 Å². The Morgan fingerprint density at radius 3 is 3.16 bits per heavy atom. The van der Waals surface area contributed by atoms with Crippen molar-refractivity contribution in [1.82, 2.24) is 0 Å². The van der Waals surface area contributed by atoms with Crippen LogP contribution in [0.4, 0.5) is 10.1 Å². The molecule has 1 aromatic rings. The van der Waals surface area contributed by atoms with Gasteiger partial charge in [-0.05, 0) is 19.1 Å². The molecule has 0 saturated heterocycles. The fourth-order valence-electron chi connectivity index (χ4n) is 1.67. The molecule has 1 aliphatic rings. The van der Waals surface area contributed by atoms with Crippen molar-refractivity contribution in [3.05, 3.63) is 23.5 Å². The smallest absolute Gasteiger partial charge is 0.348 e. The molecule has 0 bridgehead atoms. The first-order valence-electron chi connectivity index (χ1n) is 5.79. The number of rotatable bonds is 4. The van der Waals surface area contributed by atoms with Gasteiger partial charge >= 0.3 is 5.97 Å². The van der Waals surface area contributed by atoms with Gasteiger partial charge in [0, 0.05) is 12.0 Å². The summed E-state index contributed by atoms with van der Waals surface area (Å²) in [5.41, 5.74) is -0.776. The number of halogens is 2. The summed E-state index contributed by atoms with van der Waals surface area (Å²) in [6.07, 6.45) is 0.493. The van der Waals surface area contributed by atoms with Crippen LogP contribution in [-0.4, -0.2) is 24.7 Å². The Morgan fingerprint density at radius 1 is 1.63 bits per heavy atom. The number of alkyl halides is 1. The zero-order valence-electron chi connectivity index (χ0n) is 10.2. The van der Waals surface area contributed by atoms with E-state index in [-0.39, 0.29) is 12.3 Å². The summed E-state index contributed by atoms with van der Waals surface area (Å²) in [6, 6.07) is 3.05. The molecule has 19 heavy (non-hydrogen) atoms. The van der Waals surface area contributed by atoms with Gasteiger partial charge in [0.1, 0.15) is 11.4 Å². The Balaban J connectivity index is 2.13. The Hall–Kier alpha value is -1.69. The van der Waals surface area contributed by atoms with Gasteiger partial charge in [0.2, 0.25) is 5.50 Å². The van der Waals surface area contributed by atoms with Crippen LogP contribution in [0, 0.1) is 5.82 Å². The van der Waals surface area contributed by atoms with Crippen LogP contribution in [0.5, 0.6) is 5.75 Å². The van der Waals surface area contributed by atoms with E-state index in [1.165, 1.54) is 6.07 Å². The molecule has 5 nitrogen and oxygen atoms in total. The summed E-state index contributed by atoms with van der Waals surface area (Å²) in [5.74, 6) is -0.687. The molecule has 0 saturated carbocycles. The third-order valence-corrected chi connectivity index (χ3v) is 2.80. The number of fused-ring (bicyclic) bond motifs is 1. The van der Waals surface area contributed by atoms with E-state index >= 15 is 0 Å². The van der Waals surface area contributed by atoms with Crippen LogP contribution in [0.25, 0.3) is 0 Å². The highest BCUT2D eigenvalue weighted by Gasteiger charge is 2.20. The number of carbonyl (C=O) groups excluding carboxylic acids is 1. The maximum absolute atomic E-state index is 14.0. The molecule has 7 heteroatoms. The Morgan fingerprint density at radius 2 is 2.42 bits per heavy atom. The largest absolute Gasteiger partial charge is 0.493 e. The predicted molar refractivity (Wildman–Crippen MR) is 66.4 cm³/mol. The van der Waals surface area contributed by atoms with Crippen LogP contribution in [0.3, 0.4) is 0 Å². The fraction of sp³-hybridized carbons (Fsp3) is 0.417. The third kappa shape index (κ3) is 3.01. The second kappa shape index (κ2) is 5.97. The van der Waals surface area contributed by atoms with E-state index in [1.807, 2.05) is 0 Å². The summed E-state index contributed by atoms with van der Waals surface area (Å²) < 4.78 is 23.9. The van der Waals surface area contributed by atoms with Crippen molar-refractivity contribution in [3.63, 3.8) is 0 Å². The minimum absolute atomic E-state index is 0.0270. The highest BCUT2D eigenvalue weighted by atomic mass is 35.5. The van der Waals surface area contributed by atoms with Crippen molar-refractivity contribution in [2.24, 2.45) is 10.2 Å². The lowest BCUT2D eigenvalue weighted by Crippen LogP contribution is -2.15. The van der Waals surface area contributed by atoms with Gasteiger partial charge in [-0.1, -0.05) is 11.6 Å². The zero-order valence-corrected chi connectivity index (χ0v) is 11.0. The van der Waals surface area contributed by atoms with E-state index in [4.69, 9.17) is 16.3 Å². The molecule has 0 aromatic heterocycles. The normalized spacial score (nSPS) is 15.1. The third-order valence-electron chi connectivity index (χ3n) is 2.54. The van der Waals surface area contributed by atoms with Crippen LogP contribution < -0.4 is 4.74 Å². The lowest BCUT2D eigenvalue weighted by molar-refractivity contribution is -0.142.